The average Bonchev–Trinajstić information content (AvgIpc) is 3.36. The Morgan fingerprint density at radius 2 is 1.89 bits per heavy atom. The number of aryl methyl sites for hydroxylation is 1. The number of nitrogens with one attached hydrogen (secondary N) is 1. The van der Waals surface area contributed by atoms with Crippen molar-refractivity contribution in [2.24, 2.45) is 0 Å². The molecule has 4 aromatic rings. The fourth-order valence-electron chi connectivity index (χ4n) is 4.09. The summed E-state index contributed by atoms with van der Waals surface area (Å²) in [6.07, 6.45) is -0.105. The second-order valence-electron chi connectivity index (χ2n) is 8.44. The molecule has 1 atom stereocenters. The largest absolute Gasteiger partial charge is 0.478 e. The summed E-state index contributed by atoms with van der Waals surface area (Å²) in [6, 6.07) is 23.3. The van der Waals surface area contributed by atoms with Crippen LogP contribution in [-0.4, -0.2) is 29.4 Å². The third-order valence-electron chi connectivity index (χ3n) is 5.86. The highest BCUT2D eigenvalue weighted by molar-refractivity contribution is 7.13. The third kappa shape index (κ3) is 4.81. The van der Waals surface area contributed by atoms with Crippen LogP contribution in [0, 0.1) is 6.92 Å². The van der Waals surface area contributed by atoms with Crippen molar-refractivity contribution < 1.29 is 14.3 Å². The van der Waals surface area contributed by atoms with E-state index in [9.17, 15) is 9.59 Å². The Morgan fingerprint density at radius 3 is 2.66 bits per heavy atom. The van der Waals surface area contributed by atoms with Crippen LogP contribution in [0.2, 0.25) is 0 Å². The number of hydrogen-bond donors (Lipinski definition) is 1. The number of carbonyl (C=O) groups excluding carboxylic acids is 2. The highest BCUT2D eigenvalue weighted by Crippen LogP contribution is 2.39. The Balaban J connectivity index is 1.44. The minimum atomic E-state index is -0.621. The molecule has 1 aliphatic heterocycles. The fourth-order valence-corrected chi connectivity index (χ4v) is 4.93. The number of rotatable bonds is 6. The van der Waals surface area contributed by atoms with Crippen LogP contribution in [0.4, 0.5) is 11.4 Å². The van der Waals surface area contributed by atoms with Crippen LogP contribution in [0.1, 0.15) is 18.9 Å². The zero-order valence-corrected chi connectivity index (χ0v) is 20.3. The SMILES string of the molecule is CCC1Oc2ccc(-c3csc(-c4ccccc4)n3)cc2N(CC(=O)Nc2cccc(C)c2)C1=O. The van der Waals surface area contributed by atoms with Crippen LogP contribution in [0.15, 0.2) is 78.2 Å². The van der Waals surface area contributed by atoms with Crippen LogP contribution >= 0.6 is 11.3 Å². The molecule has 1 aliphatic rings. The molecule has 1 aromatic heterocycles. The molecule has 1 N–H and O–H groups in total. The highest BCUT2D eigenvalue weighted by Gasteiger charge is 2.34. The number of benzene rings is 3. The van der Waals surface area contributed by atoms with Crippen molar-refractivity contribution in [3.05, 3.63) is 83.7 Å². The number of ether oxygens (including phenoxy) is 1. The van der Waals surface area contributed by atoms with E-state index in [1.807, 2.05) is 92.0 Å². The lowest BCUT2D eigenvalue weighted by Crippen LogP contribution is -2.48. The number of aromatic nitrogens is 1. The molecule has 0 aliphatic carbocycles. The summed E-state index contributed by atoms with van der Waals surface area (Å²) in [6.45, 7) is 3.76. The maximum atomic E-state index is 13.2. The molecule has 2 amide bonds. The molecule has 3 aromatic carbocycles. The molecule has 0 fully saturated rings. The van der Waals surface area contributed by atoms with Crippen LogP contribution in [0.25, 0.3) is 21.8 Å². The summed E-state index contributed by atoms with van der Waals surface area (Å²) >= 11 is 1.57. The molecule has 1 unspecified atom stereocenters. The van der Waals surface area contributed by atoms with Crippen molar-refractivity contribution in [1.82, 2.24) is 4.98 Å². The molecule has 6 nitrogen and oxygen atoms in total. The van der Waals surface area contributed by atoms with E-state index in [1.165, 1.54) is 4.90 Å². The van der Waals surface area contributed by atoms with Crippen LogP contribution in [-0.2, 0) is 9.59 Å². The summed E-state index contributed by atoms with van der Waals surface area (Å²) in [7, 11) is 0. The van der Waals surface area contributed by atoms with Gasteiger partial charge in [-0.2, -0.15) is 0 Å². The summed E-state index contributed by atoms with van der Waals surface area (Å²) in [5.74, 6) is 0.0962. The molecular weight excluding hydrogens is 458 g/mol. The number of carbonyl (C=O) groups is 2. The lowest BCUT2D eigenvalue weighted by Gasteiger charge is -2.34. The van der Waals surface area contributed by atoms with Crippen molar-refractivity contribution in [2.75, 3.05) is 16.8 Å². The van der Waals surface area contributed by atoms with Gasteiger partial charge in [-0.3, -0.25) is 14.5 Å². The Hall–Kier alpha value is -3.97. The van der Waals surface area contributed by atoms with E-state index in [0.717, 1.165) is 27.4 Å². The van der Waals surface area contributed by atoms with E-state index < -0.39 is 6.10 Å². The smallest absolute Gasteiger partial charge is 0.268 e. The molecule has 0 saturated carbocycles. The van der Waals surface area contributed by atoms with E-state index >= 15 is 0 Å². The van der Waals surface area contributed by atoms with Gasteiger partial charge in [0.1, 0.15) is 17.3 Å². The summed E-state index contributed by atoms with van der Waals surface area (Å²) in [5.41, 5.74) is 5.05. The minimum absolute atomic E-state index is 0.102. The summed E-state index contributed by atoms with van der Waals surface area (Å²) < 4.78 is 5.96. The van der Waals surface area contributed by atoms with Crippen LogP contribution in [0.5, 0.6) is 5.75 Å². The van der Waals surface area contributed by atoms with Gasteiger partial charge in [0.2, 0.25) is 5.91 Å². The van der Waals surface area contributed by atoms with Crippen LogP contribution in [0.3, 0.4) is 0 Å². The van der Waals surface area contributed by atoms with Gasteiger partial charge in [0.25, 0.3) is 5.91 Å². The molecule has 5 rings (SSSR count). The van der Waals surface area contributed by atoms with Gasteiger partial charge in [0.15, 0.2) is 6.10 Å². The van der Waals surface area contributed by atoms with Gasteiger partial charge in [-0.25, -0.2) is 4.98 Å². The lowest BCUT2D eigenvalue weighted by atomic mass is 10.1. The van der Waals surface area contributed by atoms with E-state index in [0.29, 0.717) is 23.5 Å². The number of hydrogen-bond acceptors (Lipinski definition) is 5. The Morgan fingerprint density at radius 1 is 1.06 bits per heavy atom. The second kappa shape index (κ2) is 9.72. The molecule has 2 heterocycles. The number of thiazole rings is 1. The van der Waals surface area contributed by atoms with E-state index in [4.69, 9.17) is 9.72 Å². The van der Waals surface area contributed by atoms with Gasteiger partial charge in [-0.05, 0) is 49.2 Å². The first kappa shape index (κ1) is 22.8. The maximum Gasteiger partial charge on any atom is 0.268 e. The predicted molar refractivity (Wildman–Crippen MR) is 140 cm³/mol. The monoisotopic (exact) mass is 483 g/mol. The number of nitrogens with zero attached hydrogens (tertiary/aromatic N) is 2. The van der Waals surface area contributed by atoms with Crippen molar-refractivity contribution in [2.45, 2.75) is 26.4 Å². The summed E-state index contributed by atoms with van der Waals surface area (Å²) in [5, 5.41) is 5.82. The molecule has 7 heteroatoms. The van der Waals surface area contributed by atoms with Crippen molar-refractivity contribution >= 4 is 34.5 Å². The Bertz CT molecular complexity index is 1380. The van der Waals surface area contributed by atoms with Gasteiger partial charge >= 0.3 is 0 Å². The fraction of sp³-hybridized carbons (Fsp3) is 0.179. The van der Waals surface area contributed by atoms with E-state index in [1.54, 1.807) is 11.3 Å². The van der Waals surface area contributed by atoms with E-state index in [2.05, 4.69) is 5.32 Å². The van der Waals surface area contributed by atoms with Crippen LogP contribution < -0.4 is 15.0 Å². The minimum Gasteiger partial charge on any atom is -0.478 e. The molecular formula is C28H25N3O3S. The average molecular weight is 484 g/mol. The lowest BCUT2D eigenvalue weighted by molar-refractivity contribution is -0.128. The highest BCUT2D eigenvalue weighted by atomic mass is 32.1. The predicted octanol–water partition coefficient (Wildman–Crippen LogP) is 5.93. The van der Waals surface area contributed by atoms with Crippen molar-refractivity contribution in [1.29, 1.82) is 0 Å². The normalized spacial score (nSPS) is 14.9. The molecule has 0 spiro atoms. The first-order valence-corrected chi connectivity index (χ1v) is 12.4. The van der Waals surface area contributed by atoms with Crippen molar-refractivity contribution in [3.63, 3.8) is 0 Å². The Kier molecular flexibility index (Phi) is 6.33. The molecule has 176 valence electrons. The quantitative estimate of drug-likeness (QED) is 0.369. The van der Waals surface area contributed by atoms with Gasteiger partial charge in [-0.1, -0.05) is 49.4 Å². The summed E-state index contributed by atoms with van der Waals surface area (Å²) in [4.78, 5) is 32.4. The van der Waals surface area contributed by atoms with Gasteiger partial charge < -0.3 is 10.1 Å². The third-order valence-corrected chi connectivity index (χ3v) is 6.75. The first-order chi connectivity index (χ1) is 17.0. The zero-order chi connectivity index (χ0) is 24.4. The molecule has 0 saturated heterocycles. The molecule has 35 heavy (non-hydrogen) atoms. The van der Waals surface area contributed by atoms with Gasteiger partial charge in [0, 0.05) is 22.2 Å². The number of anilines is 2. The van der Waals surface area contributed by atoms with Gasteiger partial charge in [-0.15, -0.1) is 11.3 Å². The molecule has 0 radical (unpaired) electrons. The second-order valence-corrected chi connectivity index (χ2v) is 9.30. The standard InChI is InChI=1S/C28H25N3O3S/c1-3-24-28(33)31(16-26(32)29-21-11-7-8-18(2)14-21)23-15-20(12-13-25(23)34-24)22-17-35-27(30-22)19-9-5-4-6-10-19/h4-15,17,24H,3,16H2,1-2H3,(H,29,32). The maximum absolute atomic E-state index is 13.2. The number of amides is 2. The van der Waals surface area contributed by atoms with Gasteiger partial charge in [0.05, 0.1) is 11.4 Å². The Labute approximate surface area is 208 Å². The topological polar surface area (TPSA) is 71.5 Å². The first-order valence-electron chi connectivity index (χ1n) is 11.5. The van der Waals surface area contributed by atoms with E-state index in [-0.39, 0.29) is 18.4 Å². The molecule has 0 bridgehead atoms. The number of fused-ring (bicyclic) bond motifs is 1. The zero-order valence-electron chi connectivity index (χ0n) is 19.5. The van der Waals surface area contributed by atoms with Crippen molar-refractivity contribution in [3.8, 4) is 27.6 Å².